The molecule has 6 heteroatoms. The van der Waals surface area contributed by atoms with Gasteiger partial charge in [-0.15, -0.1) is 0 Å². The number of halogens is 1. The largest absolute Gasteiger partial charge is 0.336 e. The van der Waals surface area contributed by atoms with Gasteiger partial charge in [0.2, 0.25) is 0 Å². The first-order chi connectivity index (χ1) is 15.1. The molecule has 2 fully saturated rings. The molecule has 1 amide bonds. The summed E-state index contributed by atoms with van der Waals surface area (Å²) in [6.45, 7) is 5.58. The number of fused-ring (bicyclic) bond motifs is 1. The monoisotopic (exact) mass is 434 g/mol. The van der Waals surface area contributed by atoms with E-state index >= 15 is 0 Å². The number of benzene rings is 2. The van der Waals surface area contributed by atoms with Crippen LogP contribution in [0.3, 0.4) is 0 Å². The van der Waals surface area contributed by atoms with Gasteiger partial charge >= 0.3 is 0 Å². The molecule has 2 saturated heterocycles. The van der Waals surface area contributed by atoms with E-state index in [4.69, 9.17) is 11.6 Å². The molecule has 0 aliphatic carbocycles. The fourth-order valence-electron chi connectivity index (χ4n) is 4.99. The predicted octanol–water partition coefficient (Wildman–Crippen LogP) is 4.74. The molecular weight excluding hydrogens is 408 g/mol. The number of aromatic nitrogens is 2. The molecule has 5 rings (SSSR count). The van der Waals surface area contributed by atoms with Crippen molar-refractivity contribution in [3.63, 3.8) is 0 Å². The minimum absolute atomic E-state index is 0.120. The quantitative estimate of drug-likeness (QED) is 0.647. The molecule has 2 aromatic carbocycles. The van der Waals surface area contributed by atoms with E-state index in [9.17, 15) is 4.79 Å². The second kappa shape index (κ2) is 8.48. The van der Waals surface area contributed by atoms with Gasteiger partial charge in [0, 0.05) is 54.6 Å². The molecule has 0 unspecified atom stereocenters. The second-order valence-corrected chi connectivity index (χ2v) is 9.16. The van der Waals surface area contributed by atoms with Crippen LogP contribution in [0.1, 0.15) is 40.2 Å². The van der Waals surface area contributed by atoms with Crippen molar-refractivity contribution < 1.29 is 4.79 Å². The zero-order chi connectivity index (χ0) is 21.4. The van der Waals surface area contributed by atoms with Crippen molar-refractivity contribution in [3.05, 3.63) is 76.4 Å². The number of aryl methyl sites for hydroxylation is 1. The van der Waals surface area contributed by atoms with Crippen molar-refractivity contribution in [2.45, 2.75) is 31.7 Å². The fourth-order valence-corrected chi connectivity index (χ4v) is 5.12. The van der Waals surface area contributed by atoms with Crippen molar-refractivity contribution >= 4 is 17.5 Å². The SMILES string of the molecule is Cc1c[nH]nc1-c1cccc(C(=O)N2CCN3C[C@@H](c4ccc(Cl)cc4)CC[C@@H]3C2)c1. The predicted molar refractivity (Wildman–Crippen MR) is 123 cm³/mol. The molecule has 3 aromatic rings. The lowest BCUT2D eigenvalue weighted by Gasteiger charge is -2.46. The van der Waals surface area contributed by atoms with Crippen LogP contribution < -0.4 is 0 Å². The van der Waals surface area contributed by atoms with E-state index in [0.29, 0.717) is 12.0 Å². The van der Waals surface area contributed by atoms with E-state index in [1.807, 2.05) is 54.4 Å². The molecule has 31 heavy (non-hydrogen) atoms. The number of amides is 1. The average molecular weight is 435 g/mol. The summed E-state index contributed by atoms with van der Waals surface area (Å²) in [5, 5.41) is 8.01. The maximum atomic E-state index is 13.3. The smallest absolute Gasteiger partial charge is 0.253 e. The van der Waals surface area contributed by atoms with E-state index in [2.05, 4.69) is 27.2 Å². The summed E-state index contributed by atoms with van der Waals surface area (Å²) >= 11 is 6.05. The van der Waals surface area contributed by atoms with Gasteiger partial charge in [0.05, 0.1) is 5.69 Å². The first kappa shape index (κ1) is 20.3. The molecule has 1 N–H and O–H groups in total. The Hall–Kier alpha value is -2.63. The highest BCUT2D eigenvalue weighted by molar-refractivity contribution is 6.30. The number of piperazine rings is 1. The summed E-state index contributed by atoms with van der Waals surface area (Å²) in [7, 11) is 0. The Bertz CT molecular complexity index is 1080. The van der Waals surface area contributed by atoms with Crippen LogP contribution in [0.2, 0.25) is 5.02 Å². The van der Waals surface area contributed by atoms with Crippen LogP contribution in [0, 0.1) is 6.92 Å². The van der Waals surface area contributed by atoms with E-state index in [0.717, 1.165) is 66.4 Å². The zero-order valence-corrected chi connectivity index (χ0v) is 18.5. The van der Waals surface area contributed by atoms with Crippen LogP contribution in [0.15, 0.2) is 54.7 Å². The van der Waals surface area contributed by atoms with Crippen LogP contribution in [-0.4, -0.2) is 58.1 Å². The standard InChI is InChI=1S/C25H27ClN4O/c1-17-14-27-28-24(17)19-3-2-4-20(13-19)25(31)30-12-11-29-15-21(7-10-23(29)16-30)18-5-8-22(26)9-6-18/h2-6,8-9,13-14,21,23H,7,10-12,15-16H2,1H3,(H,27,28)/t21-,23+/m0/s1. The van der Waals surface area contributed by atoms with Gasteiger partial charge in [0.25, 0.3) is 5.91 Å². The first-order valence-electron chi connectivity index (χ1n) is 11.0. The van der Waals surface area contributed by atoms with Crippen LogP contribution in [0.5, 0.6) is 0 Å². The Balaban J connectivity index is 1.26. The third-order valence-electron chi connectivity index (χ3n) is 6.75. The van der Waals surface area contributed by atoms with Crippen LogP contribution >= 0.6 is 11.6 Å². The third-order valence-corrected chi connectivity index (χ3v) is 7.00. The maximum Gasteiger partial charge on any atom is 0.253 e. The van der Waals surface area contributed by atoms with Gasteiger partial charge in [-0.25, -0.2) is 0 Å². The summed E-state index contributed by atoms with van der Waals surface area (Å²) in [6.07, 6.45) is 4.14. The van der Waals surface area contributed by atoms with Crippen molar-refractivity contribution in [2.24, 2.45) is 0 Å². The highest BCUT2D eigenvalue weighted by Gasteiger charge is 2.35. The first-order valence-corrected chi connectivity index (χ1v) is 11.4. The normalized spacial score (nSPS) is 21.7. The zero-order valence-electron chi connectivity index (χ0n) is 17.7. The number of nitrogens with zero attached hydrogens (tertiary/aromatic N) is 3. The molecule has 2 aliphatic rings. The summed E-state index contributed by atoms with van der Waals surface area (Å²) in [5.41, 5.74) is 5.07. The Kier molecular flexibility index (Phi) is 5.55. The number of piperidine rings is 1. The molecular formula is C25H27ClN4O. The number of rotatable bonds is 3. The van der Waals surface area contributed by atoms with Gasteiger partial charge in [0.1, 0.15) is 0 Å². The molecule has 160 valence electrons. The van der Waals surface area contributed by atoms with Crippen molar-refractivity contribution in [2.75, 3.05) is 26.2 Å². The third kappa shape index (κ3) is 4.12. The molecule has 2 atom stereocenters. The number of carbonyl (C=O) groups is 1. The van der Waals surface area contributed by atoms with Gasteiger partial charge in [-0.05, 0) is 61.1 Å². The van der Waals surface area contributed by atoms with Gasteiger partial charge in [-0.1, -0.05) is 35.9 Å². The van der Waals surface area contributed by atoms with E-state index < -0.39 is 0 Å². The summed E-state index contributed by atoms with van der Waals surface area (Å²) < 4.78 is 0. The molecule has 5 nitrogen and oxygen atoms in total. The molecule has 0 saturated carbocycles. The Morgan fingerprint density at radius 2 is 1.94 bits per heavy atom. The number of nitrogens with one attached hydrogen (secondary N) is 1. The number of H-pyrrole nitrogens is 1. The van der Waals surface area contributed by atoms with Crippen molar-refractivity contribution in [3.8, 4) is 11.3 Å². The average Bonchev–Trinajstić information content (AvgIpc) is 3.24. The number of aromatic amines is 1. The molecule has 1 aromatic heterocycles. The maximum absolute atomic E-state index is 13.3. The van der Waals surface area contributed by atoms with Crippen LogP contribution in [0.25, 0.3) is 11.3 Å². The van der Waals surface area contributed by atoms with Gasteiger partial charge in [-0.3, -0.25) is 14.8 Å². The highest BCUT2D eigenvalue weighted by Crippen LogP contribution is 2.33. The highest BCUT2D eigenvalue weighted by atomic mass is 35.5. The molecule has 0 radical (unpaired) electrons. The fraction of sp³-hybridized carbons (Fsp3) is 0.360. The van der Waals surface area contributed by atoms with Gasteiger partial charge < -0.3 is 4.90 Å². The minimum atomic E-state index is 0.120. The summed E-state index contributed by atoms with van der Waals surface area (Å²) in [5.74, 6) is 0.666. The Morgan fingerprint density at radius 1 is 1.10 bits per heavy atom. The van der Waals surface area contributed by atoms with Gasteiger partial charge in [0.15, 0.2) is 0 Å². The lowest BCUT2D eigenvalue weighted by molar-refractivity contribution is 0.0329. The number of carbonyl (C=O) groups excluding carboxylic acids is 1. The van der Waals surface area contributed by atoms with E-state index in [-0.39, 0.29) is 5.91 Å². The van der Waals surface area contributed by atoms with Crippen LogP contribution in [0.4, 0.5) is 0 Å². The summed E-state index contributed by atoms with van der Waals surface area (Å²) in [6, 6.07) is 16.6. The lowest BCUT2D eigenvalue weighted by Crippen LogP contribution is -2.57. The lowest BCUT2D eigenvalue weighted by atomic mass is 9.86. The molecule has 2 aliphatic heterocycles. The minimum Gasteiger partial charge on any atom is -0.336 e. The van der Waals surface area contributed by atoms with E-state index in [1.165, 1.54) is 5.56 Å². The Labute approximate surface area is 188 Å². The van der Waals surface area contributed by atoms with Crippen molar-refractivity contribution in [1.82, 2.24) is 20.0 Å². The molecule has 3 heterocycles. The molecule has 0 spiro atoms. The van der Waals surface area contributed by atoms with E-state index in [1.54, 1.807) is 0 Å². The van der Waals surface area contributed by atoms with Gasteiger partial charge in [-0.2, -0.15) is 5.10 Å². The topological polar surface area (TPSA) is 52.2 Å². The molecule has 0 bridgehead atoms. The number of hydrogen-bond donors (Lipinski definition) is 1. The van der Waals surface area contributed by atoms with Crippen molar-refractivity contribution in [1.29, 1.82) is 0 Å². The Morgan fingerprint density at radius 3 is 2.71 bits per heavy atom. The number of hydrogen-bond acceptors (Lipinski definition) is 3. The van der Waals surface area contributed by atoms with Crippen LogP contribution in [-0.2, 0) is 0 Å². The summed E-state index contributed by atoms with van der Waals surface area (Å²) in [4.78, 5) is 17.9. The second-order valence-electron chi connectivity index (χ2n) is 8.72.